The fourth-order valence-corrected chi connectivity index (χ4v) is 1.49. The van der Waals surface area contributed by atoms with Gasteiger partial charge in [0.2, 0.25) is 0 Å². The zero-order valence-electron chi connectivity index (χ0n) is 7.89. The smallest absolute Gasteiger partial charge is 0.141 e. The number of nitrogens with zero attached hydrogens (tertiary/aromatic N) is 3. The number of aromatic amines is 1. The molecule has 78 valence electrons. The van der Waals surface area contributed by atoms with Crippen LogP contribution >= 0.6 is 11.6 Å². The van der Waals surface area contributed by atoms with Gasteiger partial charge in [-0.05, 0) is 18.1 Å². The molecule has 0 aliphatic carbocycles. The van der Waals surface area contributed by atoms with Crippen molar-refractivity contribution in [3.8, 4) is 0 Å². The molecule has 0 bridgehead atoms. The molecule has 5 nitrogen and oxygen atoms in total. The van der Waals surface area contributed by atoms with Crippen LogP contribution in [-0.4, -0.2) is 20.2 Å². The maximum atomic E-state index is 5.97. The van der Waals surface area contributed by atoms with Gasteiger partial charge in [0.05, 0.1) is 11.1 Å². The first-order chi connectivity index (χ1) is 7.27. The van der Waals surface area contributed by atoms with Gasteiger partial charge in [0, 0.05) is 12.4 Å². The van der Waals surface area contributed by atoms with Crippen LogP contribution in [0.3, 0.4) is 0 Å². The lowest BCUT2D eigenvalue weighted by atomic mass is 10.1. The summed E-state index contributed by atoms with van der Waals surface area (Å²) < 4.78 is 0. The summed E-state index contributed by atoms with van der Waals surface area (Å²) in [7, 11) is 0. The van der Waals surface area contributed by atoms with E-state index in [2.05, 4.69) is 20.2 Å². The summed E-state index contributed by atoms with van der Waals surface area (Å²) >= 11 is 5.97. The predicted octanol–water partition coefficient (Wildman–Crippen LogP) is 1.10. The van der Waals surface area contributed by atoms with Gasteiger partial charge in [0.25, 0.3) is 0 Å². The molecule has 0 saturated heterocycles. The molecule has 2 aromatic heterocycles. The van der Waals surface area contributed by atoms with E-state index in [1.807, 2.05) is 6.07 Å². The lowest BCUT2D eigenvalue weighted by Crippen LogP contribution is -2.15. The fourth-order valence-electron chi connectivity index (χ4n) is 1.30. The summed E-state index contributed by atoms with van der Waals surface area (Å²) in [5.41, 5.74) is 6.88. The predicted molar refractivity (Wildman–Crippen MR) is 56.3 cm³/mol. The van der Waals surface area contributed by atoms with Crippen LogP contribution in [0.5, 0.6) is 0 Å². The number of hydrogen-bond donors (Lipinski definition) is 2. The summed E-state index contributed by atoms with van der Waals surface area (Å²) in [5.74, 6) is 0.655. The first-order valence-corrected chi connectivity index (χ1v) is 4.84. The normalized spacial score (nSPS) is 12.7. The Morgan fingerprint density at radius 1 is 1.53 bits per heavy atom. The second-order valence-electron chi connectivity index (χ2n) is 3.15. The van der Waals surface area contributed by atoms with Crippen LogP contribution in [0.2, 0.25) is 5.02 Å². The van der Waals surface area contributed by atoms with Crippen LogP contribution in [0.4, 0.5) is 0 Å². The molecule has 6 heteroatoms. The Kier molecular flexibility index (Phi) is 2.94. The lowest BCUT2D eigenvalue weighted by molar-refractivity contribution is 0.670. The van der Waals surface area contributed by atoms with Crippen molar-refractivity contribution in [3.63, 3.8) is 0 Å². The van der Waals surface area contributed by atoms with E-state index in [1.54, 1.807) is 12.4 Å². The fraction of sp³-hybridized carbons (Fsp3) is 0.222. The molecule has 0 spiro atoms. The van der Waals surface area contributed by atoms with Crippen molar-refractivity contribution in [2.24, 2.45) is 5.73 Å². The summed E-state index contributed by atoms with van der Waals surface area (Å²) in [6.07, 6.45) is 5.33. The first kappa shape index (κ1) is 10.1. The number of rotatable bonds is 3. The Labute approximate surface area is 91.7 Å². The summed E-state index contributed by atoms with van der Waals surface area (Å²) in [5, 5.41) is 7.10. The molecular formula is C9H10ClN5. The van der Waals surface area contributed by atoms with Crippen molar-refractivity contribution in [1.29, 1.82) is 0 Å². The minimum Gasteiger partial charge on any atom is -0.321 e. The number of pyridine rings is 1. The molecule has 0 aliphatic rings. The average Bonchev–Trinajstić information content (AvgIpc) is 2.74. The van der Waals surface area contributed by atoms with Gasteiger partial charge in [-0.2, -0.15) is 5.10 Å². The molecule has 1 unspecified atom stereocenters. The maximum absolute atomic E-state index is 5.97. The largest absolute Gasteiger partial charge is 0.321 e. The van der Waals surface area contributed by atoms with E-state index >= 15 is 0 Å². The molecule has 2 rings (SSSR count). The highest BCUT2D eigenvalue weighted by Crippen LogP contribution is 2.18. The molecule has 0 saturated carbocycles. The van der Waals surface area contributed by atoms with Gasteiger partial charge in [-0.1, -0.05) is 11.6 Å². The van der Waals surface area contributed by atoms with Crippen LogP contribution in [0.15, 0.2) is 24.8 Å². The molecular weight excluding hydrogens is 214 g/mol. The zero-order chi connectivity index (χ0) is 10.7. The third-order valence-electron chi connectivity index (χ3n) is 2.08. The first-order valence-electron chi connectivity index (χ1n) is 4.46. The zero-order valence-corrected chi connectivity index (χ0v) is 8.65. The topological polar surface area (TPSA) is 80.5 Å². The molecule has 0 radical (unpaired) electrons. The molecule has 0 fully saturated rings. The molecule has 1 atom stereocenters. The number of halogens is 1. The van der Waals surface area contributed by atoms with Gasteiger partial charge in [0.1, 0.15) is 12.2 Å². The maximum Gasteiger partial charge on any atom is 0.141 e. The second kappa shape index (κ2) is 4.37. The van der Waals surface area contributed by atoms with Crippen LogP contribution in [0, 0.1) is 0 Å². The highest BCUT2D eigenvalue weighted by atomic mass is 35.5. The van der Waals surface area contributed by atoms with Gasteiger partial charge >= 0.3 is 0 Å². The average molecular weight is 224 g/mol. The van der Waals surface area contributed by atoms with Gasteiger partial charge in [0.15, 0.2) is 0 Å². The van der Waals surface area contributed by atoms with E-state index in [1.165, 1.54) is 6.33 Å². The summed E-state index contributed by atoms with van der Waals surface area (Å²) in [4.78, 5) is 7.90. The van der Waals surface area contributed by atoms with Crippen molar-refractivity contribution >= 4 is 11.6 Å². The number of hydrogen-bond acceptors (Lipinski definition) is 4. The van der Waals surface area contributed by atoms with Crippen molar-refractivity contribution in [2.75, 3.05) is 0 Å². The van der Waals surface area contributed by atoms with E-state index in [9.17, 15) is 0 Å². The molecule has 0 aliphatic heterocycles. The van der Waals surface area contributed by atoms with Crippen molar-refractivity contribution in [1.82, 2.24) is 20.2 Å². The molecule has 0 amide bonds. The van der Waals surface area contributed by atoms with Gasteiger partial charge < -0.3 is 5.73 Å². The van der Waals surface area contributed by atoms with E-state index < -0.39 is 0 Å². The summed E-state index contributed by atoms with van der Waals surface area (Å²) in [6, 6.07) is 1.62. The van der Waals surface area contributed by atoms with E-state index in [0.29, 0.717) is 17.3 Å². The Bertz CT molecular complexity index is 428. The lowest BCUT2D eigenvalue weighted by Gasteiger charge is -2.08. The quantitative estimate of drug-likeness (QED) is 0.817. The minimum absolute atomic E-state index is 0.229. The number of aromatic nitrogens is 4. The molecule has 2 aromatic rings. The Balaban J connectivity index is 2.13. The van der Waals surface area contributed by atoms with E-state index in [4.69, 9.17) is 17.3 Å². The number of nitrogens with one attached hydrogen (secondary N) is 1. The van der Waals surface area contributed by atoms with Gasteiger partial charge in [-0.25, -0.2) is 4.98 Å². The van der Waals surface area contributed by atoms with Crippen molar-refractivity contribution < 1.29 is 0 Å². The third kappa shape index (κ3) is 2.31. The van der Waals surface area contributed by atoms with Crippen LogP contribution in [0.1, 0.15) is 17.4 Å². The standard InChI is InChI=1S/C9H10ClN5/c10-7-4-12-2-1-6(7)3-8(11)9-13-5-14-15-9/h1-2,4-5,8H,3,11H2,(H,13,14,15). The number of H-pyrrole nitrogens is 1. The van der Waals surface area contributed by atoms with Crippen molar-refractivity contribution in [3.05, 3.63) is 41.2 Å². The van der Waals surface area contributed by atoms with Crippen LogP contribution < -0.4 is 5.73 Å². The molecule has 15 heavy (non-hydrogen) atoms. The van der Waals surface area contributed by atoms with Crippen LogP contribution in [0.25, 0.3) is 0 Å². The SMILES string of the molecule is NC(Cc1ccncc1Cl)c1ncn[nH]1. The Morgan fingerprint density at radius 2 is 2.40 bits per heavy atom. The highest BCUT2D eigenvalue weighted by molar-refractivity contribution is 6.31. The molecule has 2 heterocycles. The van der Waals surface area contributed by atoms with Gasteiger partial charge in [-0.15, -0.1) is 0 Å². The van der Waals surface area contributed by atoms with Gasteiger partial charge in [-0.3, -0.25) is 10.1 Å². The molecule has 0 aromatic carbocycles. The van der Waals surface area contributed by atoms with E-state index in [0.717, 1.165) is 5.56 Å². The van der Waals surface area contributed by atoms with Crippen LogP contribution in [-0.2, 0) is 6.42 Å². The monoisotopic (exact) mass is 223 g/mol. The van der Waals surface area contributed by atoms with E-state index in [-0.39, 0.29) is 6.04 Å². The Morgan fingerprint density at radius 3 is 3.07 bits per heavy atom. The third-order valence-corrected chi connectivity index (χ3v) is 2.42. The minimum atomic E-state index is -0.229. The number of nitrogens with two attached hydrogens (primary N) is 1. The highest BCUT2D eigenvalue weighted by Gasteiger charge is 2.11. The molecule has 3 N–H and O–H groups in total. The summed E-state index contributed by atoms with van der Waals surface area (Å²) in [6.45, 7) is 0. The Hall–Kier alpha value is -1.46. The second-order valence-corrected chi connectivity index (χ2v) is 3.56. The van der Waals surface area contributed by atoms with Crippen molar-refractivity contribution in [2.45, 2.75) is 12.5 Å².